The van der Waals surface area contributed by atoms with Gasteiger partial charge >= 0.3 is 0 Å². The van der Waals surface area contributed by atoms with Crippen molar-refractivity contribution in [2.75, 3.05) is 13.2 Å². The summed E-state index contributed by atoms with van der Waals surface area (Å²) in [5.74, 6) is 0.857. The second-order valence-electron chi connectivity index (χ2n) is 8.18. The SMILES string of the molecule is CCOc1ccccc1[C@H]1[C@@H]2CCCC[C@]2(O)CCN1Cc1ccccc1F. The molecule has 3 nitrogen and oxygen atoms in total. The Bertz CT molecular complexity index is 811. The van der Waals surface area contributed by atoms with Crippen molar-refractivity contribution in [1.29, 1.82) is 0 Å². The van der Waals surface area contributed by atoms with E-state index in [2.05, 4.69) is 11.0 Å². The standard InChI is InChI=1S/C24H30FNO2/c1-2-28-22-13-6-4-10-19(22)23-20-11-7-8-14-24(20,27)15-16-26(23)17-18-9-3-5-12-21(18)25/h3-6,9-10,12-13,20,23,27H,2,7-8,11,14-17H2,1H3/t20-,23-,24-/m0/s1. The van der Waals surface area contributed by atoms with E-state index >= 15 is 0 Å². The molecule has 0 unspecified atom stereocenters. The number of benzene rings is 2. The number of fused-ring (bicyclic) bond motifs is 1. The predicted molar refractivity (Wildman–Crippen MR) is 109 cm³/mol. The Morgan fingerprint density at radius 1 is 1.11 bits per heavy atom. The van der Waals surface area contributed by atoms with Crippen molar-refractivity contribution < 1.29 is 14.2 Å². The van der Waals surface area contributed by atoms with Crippen molar-refractivity contribution in [3.05, 3.63) is 65.5 Å². The van der Waals surface area contributed by atoms with Crippen LogP contribution in [0.25, 0.3) is 0 Å². The molecule has 1 heterocycles. The van der Waals surface area contributed by atoms with E-state index in [9.17, 15) is 9.50 Å². The zero-order chi connectivity index (χ0) is 19.6. The smallest absolute Gasteiger partial charge is 0.127 e. The van der Waals surface area contributed by atoms with E-state index < -0.39 is 5.60 Å². The van der Waals surface area contributed by atoms with Crippen LogP contribution in [0.3, 0.4) is 0 Å². The third-order valence-electron chi connectivity index (χ3n) is 6.54. The van der Waals surface area contributed by atoms with Crippen molar-refractivity contribution in [2.45, 2.75) is 57.2 Å². The third kappa shape index (κ3) is 3.68. The molecule has 0 radical (unpaired) electrons. The minimum atomic E-state index is -0.631. The molecule has 150 valence electrons. The van der Waals surface area contributed by atoms with Crippen LogP contribution in [-0.4, -0.2) is 28.8 Å². The summed E-state index contributed by atoms with van der Waals surface area (Å²) in [5, 5.41) is 11.4. The van der Waals surface area contributed by atoms with Crippen LogP contribution in [0, 0.1) is 11.7 Å². The first-order valence-electron chi connectivity index (χ1n) is 10.5. The summed E-state index contributed by atoms with van der Waals surface area (Å²) in [6.07, 6.45) is 4.82. The number of nitrogens with zero attached hydrogens (tertiary/aromatic N) is 1. The van der Waals surface area contributed by atoms with E-state index in [0.717, 1.165) is 50.0 Å². The first kappa shape index (κ1) is 19.4. The Labute approximate surface area is 167 Å². The lowest BCUT2D eigenvalue weighted by Gasteiger charge is -2.53. The van der Waals surface area contributed by atoms with E-state index in [4.69, 9.17) is 4.74 Å². The zero-order valence-corrected chi connectivity index (χ0v) is 16.6. The fourth-order valence-corrected chi connectivity index (χ4v) is 5.19. The summed E-state index contributed by atoms with van der Waals surface area (Å²) in [6.45, 7) is 3.90. The number of hydrogen-bond acceptors (Lipinski definition) is 3. The Kier molecular flexibility index (Phi) is 5.70. The molecular weight excluding hydrogens is 353 g/mol. The number of piperidine rings is 1. The molecule has 4 heteroatoms. The number of halogens is 1. The van der Waals surface area contributed by atoms with Crippen molar-refractivity contribution in [1.82, 2.24) is 4.90 Å². The first-order chi connectivity index (χ1) is 13.6. The van der Waals surface area contributed by atoms with Gasteiger partial charge in [0.1, 0.15) is 11.6 Å². The predicted octanol–water partition coefficient (Wildman–Crippen LogP) is 5.09. The number of para-hydroxylation sites is 1. The van der Waals surface area contributed by atoms with Gasteiger partial charge in [-0.2, -0.15) is 0 Å². The summed E-state index contributed by atoms with van der Waals surface area (Å²) in [4.78, 5) is 2.35. The minimum absolute atomic E-state index is 0.0291. The molecule has 4 rings (SSSR count). The molecule has 1 saturated carbocycles. The average Bonchev–Trinajstić information content (AvgIpc) is 2.70. The van der Waals surface area contributed by atoms with Gasteiger partial charge in [0, 0.05) is 36.2 Å². The van der Waals surface area contributed by atoms with Crippen molar-refractivity contribution in [3.8, 4) is 5.75 Å². The Morgan fingerprint density at radius 2 is 1.89 bits per heavy atom. The Balaban J connectivity index is 1.74. The van der Waals surface area contributed by atoms with Crippen LogP contribution in [0.2, 0.25) is 0 Å². The summed E-state index contributed by atoms with van der Waals surface area (Å²) in [6, 6.07) is 15.2. The van der Waals surface area contributed by atoms with Gasteiger partial charge in [0.2, 0.25) is 0 Å². The Hall–Kier alpha value is -1.91. The summed E-state index contributed by atoms with van der Waals surface area (Å²) >= 11 is 0. The highest BCUT2D eigenvalue weighted by Gasteiger charge is 2.49. The molecular formula is C24H30FNO2. The summed E-state index contributed by atoms with van der Waals surface area (Å²) < 4.78 is 20.3. The highest BCUT2D eigenvalue weighted by atomic mass is 19.1. The van der Waals surface area contributed by atoms with Crippen LogP contribution >= 0.6 is 0 Å². The van der Waals surface area contributed by atoms with Crippen molar-refractivity contribution in [2.24, 2.45) is 5.92 Å². The quantitative estimate of drug-likeness (QED) is 0.780. The lowest BCUT2D eigenvalue weighted by Crippen LogP contribution is -2.54. The van der Waals surface area contributed by atoms with Crippen LogP contribution in [0.1, 0.15) is 56.2 Å². The second-order valence-corrected chi connectivity index (χ2v) is 8.18. The molecule has 0 spiro atoms. The van der Waals surface area contributed by atoms with Crippen LogP contribution in [0.15, 0.2) is 48.5 Å². The van der Waals surface area contributed by atoms with Crippen LogP contribution < -0.4 is 4.74 Å². The fraction of sp³-hybridized carbons (Fsp3) is 0.500. The molecule has 0 bridgehead atoms. The molecule has 1 N–H and O–H groups in total. The molecule has 2 aromatic rings. The topological polar surface area (TPSA) is 32.7 Å². The van der Waals surface area contributed by atoms with Gasteiger partial charge in [-0.1, -0.05) is 49.2 Å². The van der Waals surface area contributed by atoms with Gasteiger partial charge in [-0.25, -0.2) is 4.39 Å². The van der Waals surface area contributed by atoms with Gasteiger partial charge in [-0.05, 0) is 38.3 Å². The normalized spacial score (nSPS) is 28.0. The number of rotatable bonds is 5. The maximum absolute atomic E-state index is 14.4. The molecule has 0 amide bonds. The monoisotopic (exact) mass is 383 g/mol. The maximum Gasteiger partial charge on any atom is 0.127 e. The Morgan fingerprint density at radius 3 is 2.71 bits per heavy atom. The number of aliphatic hydroxyl groups is 1. The van der Waals surface area contributed by atoms with Gasteiger partial charge in [0.05, 0.1) is 12.2 Å². The summed E-state index contributed by atoms with van der Waals surface area (Å²) in [5.41, 5.74) is 1.20. The van der Waals surface area contributed by atoms with Gasteiger partial charge in [-0.15, -0.1) is 0 Å². The number of ether oxygens (including phenoxy) is 1. The molecule has 2 aliphatic rings. The van der Waals surface area contributed by atoms with E-state index in [0.29, 0.717) is 18.7 Å². The number of hydrogen-bond donors (Lipinski definition) is 1. The highest BCUT2D eigenvalue weighted by molar-refractivity contribution is 5.38. The second kappa shape index (κ2) is 8.22. The fourth-order valence-electron chi connectivity index (χ4n) is 5.19. The van der Waals surface area contributed by atoms with E-state index in [1.807, 2.05) is 37.3 Å². The van der Waals surface area contributed by atoms with Crippen LogP contribution in [0.5, 0.6) is 5.75 Å². The van der Waals surface area contributed by atoms with E-state index in [1.54, 1.807) is 6.07 Å². The molecule has 3 atom stereocenters. The van der Waals surface area contributed by atoms with Gasteiger partial charge in [-0.3, -0.25) is 4.90 Å². The lowest BCUT2D eigenvalue weighted by atomic mass is 9.66. The molecule has 1 saturated heterocycles. The van der Waals surface area contributed by atoms with Gasteiger partial charge < -0.3 is 9.84 Å². The van der Waals surface area contributed by atoms with Crippen molar-refractivity contribution >= 4 is 0 Å². The zero-order valence-electron chi connectivity index (χ0n) is 16.6. The largest absolute Gasteiger partial charge is 0.494 e. The molecule has 28 heavy (non-hydrogen) atoms. The third-order valence-corrected chi connectivity index (χ3v) is 6.54. The molecule has 2 fully saturated rings. The van der Waals surface area contributed by atoms with Crippen molar-refractivity contribution in [3.63, 3.8) is 0 Å². The highest BCUT2D eigenvalue weighted by Crippen LogP contribution is 2.51. The minimum Gasteiger partial charge on any atom is -0.494 e. The van der Waals surface area contributed by atoms with Gasteiger partial charge in [0.25, 0.3) is 0 Å². The maximum atomic E-state index is 14.4. The van der Waals surface area contributed by atoms with Crippen LogP contribution in [-0.2, 0) is 6.54 Å². The molecule has 1 aliphatic carbocycles. The average molecular weight is 384 g/mol. The van der Waals surface area contributed by atoms with E-state index in [-0.39, 0.29) is 17.8 Å². The van der Waals surface area contributed by atoms with Gasteiger partial charge in [0.15, 0.2) is 0 Å². The summed E-state index contributed by atoms with van der Waals surface area (Å²) in [7, 11) is 0. The molecule has 2 aromatic carbocycles. The molecule has 1 aliphatic heterocycles. The first-order valence-corrected chi connectivity index (χ1v) is 10.5. The number of likely N-dealkylation sites (tertiary alicyclic amines) is 1. The lowest BCUT2D eigenvalue weighted by molar-refractivity contribution is -0.126. The molecule has 0 aromatic heterocycles. The van der Waals surface area contributed by atoms with Crippen LogP contribution in [0.4, 0.5) is 4.39 Å². The van der Waals surface area contributed by atoms with E-state index in [1.165, 1.54) is 6.07 Å².